The Hall–Kier alpha value is -1.16. The predicted octanol–water partition coefficient (Wildman–Crippen LogP) is 5.28. The molecule has 3 rings (SSSR count). The molecule has 2 aromatic heterocycles. The Kier molecular flexibility index (Phi) is 3.21. The molecule has 0 aliphatic heterocycles. The Bertz CT molecular complexity index is 780. The Labute approximate surface area is 125 Å². The van der Waals surface area contributed by atoms with Gasteiger partial charge in [-0.15, -0.1) is 0 Å². The van der Waals surface area contributed by atoms with Crippen LogP contribution in [-0.4, -0.2) is 9.97 Å². The average Bonchev–Trinajstić information content (AvgIpc) is 2.76. The molecule has 0 aliphatic carbocycles. The average molecular weight is 309 g/mol. The number of halogens is 2. The summed E-state index contributed by atoms with van der Waals surface area (Å²) < 4.78 is 0. The SMILES string of the molecule is Cc1cc(Cl)c2nc(-c3cscc3C)nc(Cl)c2c1. The Balaban J connectivity index is 2.34. The summed E-state index contributed by atoms with van der Waals surface area (Å²) in [5.74, 6) is 0.627. The van der Waals surface area contributed by atoms with Gasteiger partial charge < -0.3 is 0 Å². The molecule has 2 nitrogen and oxygen atoms in total. The molecule has 19 heavy (non-hydrogen) atoms. The second-order valence-electron chi connectivity index (χ2n) is 4.45. The fourth-order valence-corrected chi connectivity index (χ4v) is 3.37. The molecule has 0 aliphatic rings. The molecule has 3 aromatic rings. The highest BCUT2D eigenvalue weighted by Gasteiger charge is 2.13. The topological polar surface area (TPSA) is 25.8 Å². The van der Waals surface area contributed by atoms with Gasteiger partial charge in [-0.05, 0) is 42.5 Å². The minimum Gasteiger partial charge on any atom is -0.226 e. The summed E-state index contributed by atoms with van der Waals surface area (Å²) in [5.41, 5.74) is 3.89. The van der Waals surface area contributed by atoms with Crippen LogP contribution in [-0.2, 0) is 0 Å². The molecule has 0 saturated heterocycles. The van der Waals surface area contributed by atoms with Crippen molar-refractivity contribution >= 4 is 45.4 Å². The van der Waals surface area contributed by atoms with Crippen molar-refractivity contribution in [2.24, 2.45) is 0 Å². The van der Waals surface area contributed by atoms with Gasteiger partial charge in [-0.1, -0.05) is 23.2 Å². The van der Waals surface area contributed by atoms with Gasteiger partial charge in [-0.2, -0.15) is 11.3 Å². The standard InChI is InChI=1S/C14H10Cl2N2S/c1-7-3-9-12(11(15)4-7)17-14(18-13(9)16)10-6-19-5-8(10)2/h3-6H,1-2H3. The first-order chi connectivity index (χ1) is 9.06. The maximum atomic E-state index is 6.27. The zero-order valence-electron chi connectivity index (χ0n) is 10.4. The number of fused-ring (bicyclic) bond motifs is 1. The zero-order chi connectivity index (χ0) is 13.6. The van der Waals surface area contributed by atoms with Gasteiger partial charge in [0.25, 0.3) is 0 Å². The van der Waals surface area contributed by atoms with Crippen LogP contribution in [0.4, 0.5) is 0 Å². The van der Waals surface area contributed by atoms with Gasteiger partial charge >= 0.3 is 0 Å². The zero-order valence-corrected chi connectivity index (χ0v) is 12.7. The summed E-state index contributed by atoms with van der Waals surface area (Å²) in [4.78, 5) is 8.95. The number of thiophene rings is 1. The highest BCUT2D eigenvalue weighted by molar-refractivity contribution is 7.08. The molecule has 5 heteroatoms. The van der Waals surface area contributed by atoms with Gasteiger partial charge in [-0.25, -0.2) is 9.97 Å². The van der Waals surface area contributed by atoms with Crippen molar-refractivity contribution in [2.45, 2.75) is 13.8 Å². The summed E-state index contributed by atoms with van der Waals surface area (Å²) in [6, 6.07) is 3.84. The Morgan fingerprint density at radius 1 is 1.05 bits per heavy atom. The second kappa shape index (κ2) is 4.75. The number of hydrogen-bond donors (Lipinski definition) is 0. The van der Waals surface area contributed by atoms with E-state index >= 15 is 0 Å². The van der Waals surface area contributed by atoms with Crippen molar-refractivity contribution < 1.29 is 0 Å². The first-order valence-corrected chi connectivity index (χ1v) is 7.42. The highest BCUT2D eigenvalue weighted by Crippen LogP contribution is 2.32. The van der Waals surface area contributed by atoms with Crippen LogP contribution in [0.25, 0.3) is 22.3 Å². The minimum absolute atomic E-state index is 0.441. The lowest BCUT2D eigenvalue weighted by Gasteiger charge is -2.07. The highest BCUT2D eigenvalue weighted by atomic mass is 35.5. The molecule has 0 fully saturated rings. The maximum Gasteiger partial charge on any atom is 0.162 e. The molecule has 0 atom stereocenters. The molecule has 0 unspecified atom stereocenters. The summed E-state index contributed by atoms with van der Waals surface area (Å²) in [6.45, 7) is 4.00. The van der Waals surface area contributed by atoms with E-state index in [9.17, 15) is 0 Å². The third-order valence-electron chi connectivity index (χ3n) is 2.95. The molecular weight excluding hydrogens is 299 g/mol. The van der Waals surface area contributed by atoms with Crippen LogP contribution in [0.5, 0.6) is 0 Å². The lowest BCUT2D eigenvalue weighted by Crippen LogP contribution is -1.93. The van der Waals surface area contributed by atoms with Crippen molar-refractivity contribution in [3.05, 3.63) is 44.2 Å². The van der Waals surface area contributed by atoms with Crippen LogP contribution >= 0.6 is 34.5 Å². The van der Waals surface area contributed by atoms with E-state index in [0.29, 0.717) is 21.5 Å². The molecule has 0 radical (unpaired) electrons. The first kappa shape index (κ1) is 12.9. The van der Waals surface area contributed by atoms with E-state index in [1.54, 1.807) is 11.3 Å². The lowest BCUT2D eigenvalue weighted by molar-refractivity contribution is 1.22. The number of aromatic nitrogens is 2. The molecule has 0 spiro atoms. The van der Waals surface area contributed by atoms with Crippen LogP contribution in [0.3, 0.4) is 0 Å². The van der Waals surface area contributed by atoms with Crippen LogP contribution < -0.4 is 0 Å². The van der Waals surface area contributed by atoms with E-state index in [1.807, 2.05) is 31.4 Å². The first-order valence-electron chi connectivity index (χ1n) is 5.73. The van der Waals surface area contributed by atoms with Crippen molar-refractivity contribution in [1.29, 1.82) is 0 Å². The van der Waals surface area contributed by atoms with E-state index in [1.165, 1.54) is 0 Å². The number of benzene rings is 1. The molecule has 1 aromatic carbocycles. The van der Waals surface area contributed by atoms with Crippen LogP contribution in [0.15, 0.2) is 22.9 Å². The monoisotopic (exact) mass is 308 g/mol. The predicted molar refractivity (Wildman–Crippen MR) is 82.3 cm³/mol. The molecule has 0 N–H and O–H groups in total. The van der Waals surface area contributed by atoms with Crippen molar-refractivity contribution in [2.75, 3.05) is 0 Å². The van der Waals surface area contributed by atoms with Gasteiger partial charge in [0.05, 0.1) is 10.5 Å². The van der Waals surface area contributed by atoms with E-state index < -0.39 is 0 Å². The third kappa shape index (κ3) is 2.22. The summed E-state index contributed by atoms with van der Waals surface area (Å²) >= 11 is 14.2. The van der Waals surface area contributed by atoms with Gasteiger partial charge in [-0.3, -0.25) is 0 Å². The van der Waals surface area contributed by atoms with E-state index in [2.05, 4.69) is 15.3 Å². The van der Waals surface area contributed by atoms with Crippen molar-refractivity contribution in [3.8, 4) is 11.4 Å². The number of hydrogen-bond acceptors (Lipinski definition) is 3. The number of aryl methyl sites for hydroxylation is 2. The van der Waals surface area contributed by atoms with E-state index in [0.717, 1.165) is 22.1 Å². The van der Waals surface area contributed by atoms with Gasteiger partial charge in [0.15, 0.2) is 5.82 Å². The second-order valence-corrected chi connectivity index (χ2v) is 5.96. The molecule has 2 heterocycles. The van der Waals surface area contributed by atoms with E-state index in [4.69, 9.17) is 23.2 Å². The molecule has 96 valence electrons. The summed E-state index contributed by atoms with van der Waals surface area (Å²) in [7, 11) is 0. The fourth-order valence-electron chi connectivity index (χ4n) is 2.00. The fraction of sp³-hybridized carbons (Fsp3) is 0.143. The van der Waals surface area contributed by atoms with Gasteiger partial charge in [0, 0.05) is 16.3 Å². The van der Waals surface area contributed by atoms with Crippen LogP contribution in [0.2, 0.25) is 10.2 Å². The van der Waals surface area contributed by atoms with Crippen LogP contribution in [0, 0.1) is 13.8 Å². The van der Waals surface area contributed by atoms with Crippen LogP contribution in [0.1, 0.15) is 11.1 Å². The quantitative estimate of drug-likeness (QED) is 0.571. The molecule has 0 amide bonds. The molecule has 0 bridgehead atoms. The molecular formula is C14H10Cl2N2S. The third-order valence-corrected chi connectivity index (χ3v) is 4.39. The van der Waals surface area contributed by atoms with Crippen molar-refractivity contribution in [3.63, 3.8) is 0 Å². The lowest BCUT2D eigenvalue weighted by atomic mass is 10.1. The number of rotatable bonds is 1. The smallest absolute Gasteiger partial charge is 0.162 e. The maximum absolute atomic E-state index is 6.27. The minimum atomic E-state index is 0.441. The summed E-state index contributed by atoms with van der Waals surface area (Å²) in [5, 5.41) is 5.93. The Morgan fingerprint density at radius 2 is 1.84 bits per heavy atom. The normalized spacial score (nSPS) is 11.2. The molecule has 0 saturated carbocycles. The Morgan fingerprint density at radius 3 is 2.53 bits per heavy atom. The summed E-state index contributed by atoms with van der Waals surface area (Å²) in [6.07, 6.45) is 0. The van der Waals surface area contributed by atoms with E-state index in [-0.39, 0.29) is 0 Å². The largest absolute Gasteiger partial charge is 0.226 e. The van der Waals surface area contributed by atoms with Gasteiger partial charge in [0.1, 0.15) is 5.15 Å². The van der Waals surface area contributed by atoms with Crippen molar-refractivity contribution in [1.82, 2.24) is 9.97 Å². The van der Waals surface area contributed by atoms with Gasteiger partial charge in [0.2, 0.25) is 0 Å². The number of nitrogens with zero attached hydrogens (tertiary/aromatic N) is 2.